The molecule has 0 amide bonds. The number of unbranched alkanes of at least 4 members (excludes halogenated alkanes) is 3. The maximum atomic E-state index is 10.1. The second-order valence-electron chi connectivity index (χ2n) is 5.38. The van der Waals surface area contributed by atoms with E-state index in [1.54, 1.807) is 0 Å². The van der Waals surface area contributed by atoms with Gasteiger partial charge in [0.2, 0.25) is 0 Å². The number of nitrogens with zero attached hydrogens (tertiary/aromatic N) is 1. The van der Waals surface area contributed by atoms with Crippen LogP contribution in [-0.4, -0.2) is 9.67 Å². The molecule has 1 atom stereocenters. The smallest absolute Gasteiger partial charge is 0.0807 e. The van der Waals surface area contributed by atoms with Gasteiger partial charge in [-0.25, -0.2) is 0 Å². The Morgan fingerprint density at radius 1 is 1.28 bits per heavy atom. The van der Waals surface area contributed by atoms with Crippen molar-refractivity contribution in [1.82, 2.24) is 4.57 Å². The largest absolute Gasteiger partial charge is 0.388 e. The summed E-state index contributed by atoms with van der Waals surface area (Å²) in [5, 5.41) is 10.1. The third-order valence-electron chi connectivity index (χ3n) is 3.85. The lowest BCUT2D eigenvalue weighted by molar-refractivity contribution is 0.166. The van der Waals surface area contributed by atoms with Crippen LogP contribution in [0.25, 0.3) is 0 Å². The highest BCUT2D eigenvalue weighted by atomic mass is 16.3. The van der Waals surface area contributed by atoms with Gasteiger partial charge in [0.05, 0.1) is 6.10 Å². The molecule has 0 fully saturated rings. The maximum absolute atomic E-state index is 10.1. The quantitative estimate of drug-likeness (QED) is 0.459. The van der Waals surface area contributed by atoms with E-state index in [2.05, 4.69) is 23.5 Å². The van der Waals surface area contributed by atoms with Gasteiger partial charge in [-0.15, -0.1) is 6.58 Å². The van der Waals surface area contributed by atoms with E-state index in [0.29, 0.717) is 0 Å². The minimum Gasteiger partial charge on any atom is -0.388 e. The fourth-order valence-electron chi connectivity index (χ4n) is 2.78. The molecule has 2 heteroatoms. The van der Waals surface area contributed by atoms with Gasteiger partial charge in [-0.05, 0) is 44.1 Å². The first-order chi connectivity index (χ1) is 8.81. The number of aromatic nitrogens is 1. The molecule has 0 bridgehead atoms. The molecule has 2 nitrogen and oxygen atoms in total. The van der Waals surface area contributed by atoms with Gasteiger partial charge in [0, 0.05) is 24.5 Å². The number of aliphatic hydroxyl groups excluding tert-OH is 1. The van der Waals surface area contributed by atoms with Crippen LogP contribution in [0.2, 0.25) is 0 Å². The molecule has 1 aliphatic carbocycles. The Hall–Kier alpha value is -1.02. The van der Waals surface area contributed by atoms with Crippen molar-refractivity contribution in [2.24, 2.45) is 0 Å². The van der Waals surface area contributed by atoms with E-state index >= 15 is 0 Å². The minimum atomic E-state index is -0.232. The van der Waals surface area contributed by atoms with Crippen molar-refractivity contribution in [2.75, 3.05) is 0 Å². The van der Waals surface area contributed by atoms with Crippen molar-refractivity contribution in [2.45, 2.75) is 64.0 Å². The second-order valence-corrected chi connectivity index (χ2v) is 5.38. The summed E-state index contributed by atoms with van der Waals surface area (Å²) >= 11 is 0. The molecule has 0 aromatic carbocycles. The summed E-state index contributed by atoms with van der Waals surface area (Å²) in [5.74, 6) is 0. The Kier molecular flexibility index (Phi) is 5.06. The highest BCUT2D eigenvalue weighted by Crippen LogP contribution is 2.29. The summed E-state index contributed by atoms with van der Waals surface area (Å²) in [7, 11) is 0. The third-order valence-corrected chi connectivity index (χ3v) is 3.85. The summed E-state index contributed by atoms with van der Waals surface area (Å²) in [5.41, 5.74) is 2.55. The van der Waals surface area contributed by atoms with Crippen molar-refractivity contribution in [3.63, 3.8) is 0 Å². The van der Waals surface area contributed by atoms with Crippen molar-refractivity contribution < 1.29 is 5.11 Å². The van der Waals surface area contributed by atoms with Crippen molar-refractivity contribution in [3.05, 3.63) is 36.2 Å². The van der Waals surface area contributed by atoms with Crippen molar-refractivity contribution >= 4 is 0 Å². The topological polar surface area (TPSA) is 25.2 Å². The molecule has 18 heavy (non-hydrogen) atoms. The average molecular weight is 247 g/mol. The molecule has 0 radical (unpaired) electrons. The molecular formula is C16H25NO. The highest BCUT2D eigenvalue weighted by Gasteiger charge is 2.17. The lowest BCUT2D eigenvalue weighted by Crippen LogP contribution is -1.97. The normalized spacial score (nSPS) is 19.3. The minimum absolute atomic E-state index is 0.232. The summed E-state index contributed by atoms with van der Waals surface area (Å²) in [4.78, 5) is 0. The van der Waals surface area contributed by atoms with Gasteiger partial charge in [-0.2, -0.15) is 0 Å². The van der Waals surface area contributed by atoms with E-state index in [1.165, 1.54) is 36.8 Å². The van der Waals surface area contributed by atoms with Crippen LogP contribution in [0.4, 0.5) is 0 Å². The Morgan fingerprint density at radius 2 is 2.17 bits per heavy atom. The standard InChI is InChI=1S/C16H25NO/c1-2-3-4-5-8-11-17-12-14-9-6-7-10-16(18)15(14)13-17/h2,12-13,16,18H,1,3-11H2. The highest BCUT2D eigenvalue weighted by molar-refractivity contribution is 5.27. The van der Waals surface area contributed by atoms with Crippen LogP contribution >= 0.6 is 0 Å². The van der Waals surface area contributed by atoms with Crippen LogP contribution in [0.1, 0.15) is 62.2 Å². The zero-order valence-corrected chi connectivity index (χ0v) is 11.3. The number of hydrogen-bond donors (Lipinski definition) is 1. The fraction of sp³-hybridized carbons (Fsp3) is 0.625. The lowest BCUT2D eigenvalue weighted by Gasteiger charge is -2.06. The number of aliphatic hydroxyl groups is 1. The van der Waals surface area contributed by atoms with E-state index in [-0.39, 0.29) is 6.10 Å². The van der Waals surface area contributed by atoms with Crippen LogP contribution in [0.5, 0.6) is 0 Å². The van der Waals surface area contributed by atoms with Crippen LogP contribution in [0.15, 0.2) is 25.0 Å². The predicted octanol–water partition coefficient (Wildman–Crippen LogP) is 3.99. The lowest BCUT2D eigenvalue weighted by atomic mass is 10.1. The van der Waals surface area contributed by atoms with Gasteiger partial charge >= 0.3 is 0 Å². The number of fused-ring (bicyclic) bond motifs is 1. The van der Waals surface area contributed by atoms with Crippen molar-refractivity contribution in [1.29, 1.82) is 0 Å². The molecule has 0 saturated heterocycles. The molecule has 0 aliphatic heterocycles. The van der Waals surface area contributed by atoms with Gasteiger partial charge in [0.25, 0.3) is 0 Å². The Morgan fingerprint density at radius 3 is 3.00 bits per heavy atom. The monoisotopic (exact) mass is 247 g/mol. The molecule has 1 aromatic rings. The molecule has 0 saturated carbocycles. The first-order valence-electron chi connectivity index (χ1n) is 7.29. The zero-order chi connectivity index (χ0) is 12.8. The third kappa shape index (κ3) is 3.49. The summed E-state index contributed by atoms with van der Waals surface area (Å²) < 4.78 is 2.27. The second kappa shape index (κ2) is 6.79. The average Bonchev–Trinajstić information content (AvgIpc) is 2.70. The zero-order valence-electron chi connectivity index (χ0n) is 11.3. The van der Waals surface area contributed by atoms with Crippen LogP contribution in [-0.2, 0) is 13.0 Å². The van der Waals surface area contributed by atoms with Gasteiger partial charge in [0.15, 0.2) is 0 Å². The summed E-state index contributed by atoms with van der Waals surface area (Å²) in [6, 6.07) is 0. The SMILES string of the molecule is C=CCCCCCn1cc2c(c1)C(O)CCCC2. The van der Waals surface area contributed by atoms with Gasteiger partial charge in [-0.3, -0.25) is 0 Å². The molecule has 1 unspecified atom stereocenters. The predicted molar refractivity (Wildman–Crippen MR) is 75.6 cm³/mol. The number of allylic oxidation sites excluding steroid dienone is 1. The summed E-state index contributed by atoms with van der Waals surface area (Å²) in [6.45, 7) is 4.82. The molecular weight excluding hydrogens is 222 g/mol. The molecule has 1 heterocycles. The Bertz CT molecular complexity index is 380. The number of aryl methyl sites for hydroxylation is 2. The van der Waals surface area contributed by atoms with E-state index in [0.717, 1.165) is 32.2 Å². The first-order valence-corrected chi connectivity index (χ1v) is 7.29. The Labute approximate surface area is 110 Å². The van der Waals surface area contributed by atoms with Crippen molar-refractivity contribution in [3.8, 4) is 0 Å². The fourth-order valence-corrected chi connectivity index (χ4v) is 2.78. The summed E-state index contributed by atoms with van der Waals surface area (Å²) in [6.07, 6.45) is 15.5. The van der Waals surface area contributed by atoms with Gasteiger partial charge < -0.3 is 9.67 Å². The molecule has 0 spiro atoms. The molecule has 1 aliphatic rings. The van der Waals surface area contributed by atoms with Crippen LogP contribution in [0.3, 0.4) is 0 Å². The number of rotatable bonds is 6. The molecule has 2 rings (SSSR count). The van der Waals surface area contributed by atoms with Crippen LogP contribution in [0, 0.1) is 0 Å². The van der Waals surface area contributed by atoms with Gasteiger partial charge in [-0.1, -0.05) is 18.9 Å². The van der Waals surface area contributed by atoms with Gasteiger partial charge in [0.1, 0.15) is 0 Å². The maximum Gasteiger partial charge on any atom is 0.0807 e. The molecule has 100 valence electrons. The molecule has 1 N–H and O–H groups in total. The molecule has 1 aromatic heterocycles. The van der Waals surface area contributed by atoms with E-state index in [1.807, 2.05) is 6.08 Å². The van der Waals surface area contributed by atoms with Crippen LogP contribution < -0.4 is 0 Å². The van der Waals surface area contributed by atoms with E-state index in [4.69, 9.17) is 0 Å². The van der Waals surface area contributed by atoms with E-state index in [9.17, 15) is 5.11 Å². The Balaban J connectivity index is 1.87. The first kappa shape index (κ1) is 13.4. The number of hydrogen-bond acceptors (Lipinski definition) is 1. The van der Waals surface area contributed by atoms with E-state index < -0.39 is 0 Å².